The summed E-state index contributed by atoms with van der Waals surface area (Å²) in [7, 11) is 0. The molecule has 9 heteroatoms. The van der Waals surface area contributed by atoms with E-state index in [1.807, 2.05) is 0 Å². The topological polar surface area (TPSA) is 48.7 Å². The molecule has 0 spiro atoms. The first-order chi connectivity index (χ1) is 13.2. The number of rotatable bonds is 2. The van der Waals surface area contributed by atoms with Crippen molar-refractivity contribution in [3.8, 4) is 0 Å². The van der Waals surface area contributed by atoms with E-state index in [2.05, 4.69) is 26.0 Å². The third-order valence-corrected chi connectivity index (χ3v) is 5.29. The van der Waals surface area contributed by atoms with Gasteiger partial charge >= 0.3 is 6.18 Å². The molecule has 0 fully saturated rings. The zero-order chi connectivity index (χ0) is 20.1. The second-order valence-electron chi connectivity index (χ2n) is 6.35. The van der Waals surface area contributed by atoms with Crippen molar-refractivity contribution in [2.45, 2.75) is 18.3 Å². The van der Waals surface area contributed by atoms with Crippen LogP contribution in [0.1, 0.15) is 12.0 Å². The molecular weight excluding hydrogens is 459 g/mol. The summed E-state index contributed by atoms with van der Waals surface area (Å²) in [6, 6.07) is 12.7. The molecule has 0 bridgehead atoms. The van der Waals surface area contributed by atoms with Gasteiger partial charge in [0, 0.05) is 21.1 Å². The molecule has 28 heavy (non-hydrogen) atoms. The number of alkyl halides is 3. The van der Waals surface area contributed by atoms with Crippen molar-refractivity contribution >= 4 is 49.8 Å². The average Bonchev–Trinajstić information content (AvgIpc) is 3.00. The minimum atomic E-state index is -4.93. The van der Waals surface area contributed by atoms with E-state index in [0.717, 1.165) is 4.47 Å². The zero-order valence-electron chi connectivity index (χ0n) is 14.1. The van der Waals surface area contributed by atoms with Gasteiger partial charge in [-0.15, -0.1) is 0 Å². The number of hydrogen-bond acceptors (Lipinski definition) is 4. The van der Waals surface area contributed by atoms with Crippen LogP contribution in [0.3, 0.4) is 0 Å². The Morgan fingerprint density at radius 1 is 1.11 bits per heavy atom. The normalized spacial score (nSPS) is 19.9. The average molecular weight is 471 g/mol. The van der Waals surface area contributed by atoms with Gasteiger partial charge in [-0.3, -0.25) is 4.98 Å². The molecule has 1 N–H and O–H groups in total. The molecule has 1 aromatic heterocycles. The van der Waals surface area contributed by atoms with Gasteiger partial charge in [0.25, 0.3) is 5.72 Å². The van der Waals surface area contributed by atoms with Crippen molar-refractivity contribution in [3.05, 3.63) is 69.8 Å². The molecule has 144 valence electrons. The van der Waals surface area contributed by atoms with Gasteiger partial charge in [0.15, 0.2) is 0 Å². The van der Waals surface area contributed by atoms with E-state index in [9.17, 15) is 18.3 Å². The van der Waals surface area contributed by atoms with Gasteiger partial charge in [-0.1, -0.05) is 39.7 Å². The summed E-state index contributed by atoms with van der Waals surface area (Å²) in [6.07, 6.45) is -4.27. The highest BCUT2D eigenvalue weighted by atomic mass is 79.9. The first-order valence-electron chi connectivity index (χ1n) is 8.16. The number of halogens is 5. The second-order valence-corrected chi connectivity index (χ2v) is 7.70. The van der Waals surface area contributed by atoms with Crippen molar-refractivity contribution in [1.29, 1.82) is 0 Å². The van der Waals surface area contributed by atoms with E-state index in [1.54, 1.807) is 42.5 Å². The maximum absolute atomic E-state index is 13.9. The van der Waals surface area contributed by atoms with Gasteiger partial charge in [0.1, 0.15) is 0 Å². The lowest BCUT2D eigenvalue weighted by Crippen LogP contribution is -2.55. The molecule has 1 aliphatic rings. The molecule has 0 aliphatic carbocycles. The minimum Gasteiger partial charge on any atom is -0.362 e. The fraction of sp³-hybridized carbons (Fsp3) is 0.158. The largest absolute Gasteiger partial charge is 0.438 e. The van der Waals surface area contributed by atoms with Crippen molar-refractivity contribution in [3.63, 3.8) is 0 Å². The molecule has 1 atom stereocenters. The summed E-state index contributed by atoms with van der Waals surface area (Å²) in [4.78, 5) is 4.14. The highest BCUT2D eigenvalue weighted by Crippen LogP contribution is 2.45. The summed E-state index contributed by atoms with van der Waals surface area (Å²) in [5.41, 5.74) is -2.06. The van der Waals surface area contributed by atoms with E-state index >= 15 is 0 Å². The van der Waals surface area contributed by atoms with Crippen LogP contribution < -0.4 is 5.01 Å². The molecule has 2 aromatic carbocycles. The lowest BCUT2D eigenvalue weighted by molar-refractivity contribution is -0.254. The number of benzene rings is 2. The standard InChI is InChI=1S/C19H12BrClF3N3O/c20-12-3-1-11(2-4-12)16-10-18(28,19(22,23)24)27(26-16)17-7-8-25-15-9-13(21)5-6-14(15)17/h1-9,28H,10H2. The number of hydrazone groups is 1. The smallest absolute Gasteiger partial charge is 0.362 e. The zero-order valence-corrected chi connectivity index (χ0v) is 16.4. The van der Waals surface area contributed by atoms with Crippen LogP contribution in [0.4, 0.5) is 18.9 Å². The molecule has 0 amide bonds. The van der Waals surface area contributed by atoms with Gasteiger partial charge < -0.3 is 5.11 Å². The number of fused-ring (bicyclic) bond motifs is 1. The Balaban J connectivity index is 1.90. The highest BCUT2D eigenvalue weighted by Gasteiger charge is 2.62. The van der Waals surface area contributed by atoms with Crippen LogP contribution in [-0.4, -0.2) is 27.7 Å². The quantitative estimate of drug-likeness (QED) is 0.537. The Bertz CT molecular complexity index is 1090. The van der Waals surface area contributed by atoms with Crippen LogP contribution >= 0.6 is 27.5 Å². The van der Waals surface area contributed by atoms with Crippen LogP contribution in [0.2, 0.25) is 5.02 Å². The summed E-state index contributed by atoms with van der Waals surface area (Å²) in [6.45, 7) is 0. The van der Waals surface area contributed by atoms with Crippen LogP contribution in [0.25, 0.3) is 10.9 Å². The van der Waals surface area contributed by atoms with E-state index in [4.69, 9.17) is 11.6 Å². The van der Waals surface area contributed by atoms with Crippen LogP contribution in [0.15, 0.2) is 64.3 Å². The minimum absolute atomic E-state index is 0.0913. The molecule has 0 radical (unpaired) electrons. The third kappa shape index (κ3) is 3.15. The van der Waals surface area contributed by atoms with Crippen molar-refractivity contribution in [1.82, 2.24) is 4.98 Å². The van der Waals surface area contributed by atoms with Gasteiger partial charge in [-0.2, -0.15) is 18.3 Å². The second kappa shape index (κ2) is 6.72. The lowest BCUT2D eigenvalue weighted by Gasteiger charge is -2.34. The van der Waals surface area contributed by atoms with Crippen LogP contribution in [0, 0.1) is 0 Å². The van der Waals surface area contributed by atoms with Gasteiger partial charge in [-0.05, 0) is 42.0 Å². The monoisotopic (exact) mass is 469 g/mol. The highest BCUT2D eigenvalue weighted by molar-refractivity contribution is 9.10. The molecule has 4 rings (SSSR count). The molecule has 0 saturated carbocycles. The molecule has 2 heterocycles. The third-order valence-electron chi connectivity index (χ3n) is 4.53. The first kappa shape index (κ1) is 19.2. The molecule has 1 unspecified atom stereocenters. The predicted molar refractivity (Wildman–Crippen MR) is 106 cm³/mol. The molecule has 1 aliphatic heterocycles. The predicted octanol–water partition coefficient (Wildman–Crippen LogP) is 5.52. The lowest BCUT2D eigenvalue weighted by atomic mass is 10.0. The Hall–Kier alpha value is -2.16. The molecule has 3 aromatic rings. The van der Waals surface area contributed by atoms with Gasteiger partial charge in [0.05, 0.1) is 23.3 Å². The fourth-order valence-corrected chi connectivity index (χ4v) is 3.54. The number of aliphatic hydroxyl groups is 1. The Kier molecular flexibility index (Phi) is 4.60. The Morgan fingerprint density at radius 2 is 1.82 bits per heavy atom. The summed E-state index contributed by atoms with van der Waals surface area (Å²) < 4.78 is 42.5. The fourth-order valence-electron chi connectivity index (χ4n) is 3.11. The summed E-state index contributed by atoms with van der Waals surface area (Å²) in [5.74, 6) is 0. The van der Waals surface area contributed by atoms with E-state index in [1.165, 1.54) is 12.3 Å². The molecular formula is C19H12BrClF3N3O. The Morgan fingerprint density at radius 3 is 2.50 bits per heavy atom. The van der Waals surface area contributed by atoms with E-state index < -0.39 is 18.3 Å². The van der Waals surface area contributed by atoms with Crippen molar-refractivity contribution in [2.24, 2.45) is 5.10 Å². The first-order valence-corrected chi connectivity index (χ1v) is 9.33. The SMILES string of the molecule is OC1(C(F)(F)F)CC(c2ccc(Br)cc2)=NN1c1ccnc2cc(Cl)ccc12. The number of aromatic nitrogens is 1. The van der Waals surface area contributed by atoms with Crippen LogP contribution in [-0.2, 0) is 0 Å². The number of anilines is 1. The number of pyridine rings is 1. The van der Waals surface area contributed by atoms with Crippen molar-refractivity contribution in [2.75, 3.05) is 5.01 Å². The number of hydrogen-bond donors (Lipinski definition) is 1. The molecule has 4 nitrogen and oxygen atoms in total. The maximum atomic E-state index is 13.9. The van der Waals surface area contributed by atoms with E-state index in [0.29, 0.717) is 26.5 Å². The maximum Gasteiger partial charge on any atom is 0.438 e. The van der Waals surface area contributed by atoms with Crippen LogP contribution in [0.5, 0.6) is 0 Å². The summed E-state index contributed by atoms with van der Waals surface area (Å²) >= 11 is 9.25. The molecule has 0 saturated heterocycles. The Labute approximate surface area is 171 Å². The number of nitrogens with zero attached hydrogens (tertiary/aromatic N) is 3. The van der Waals surface area contributed by atoms with E-state index in [-0.39, 0.29) is 11.4 Å². The summed E-state index contributed by atoms with van der Waals surface area (Å²) in [5, 5.41) is 16.3. The van der Waals surface area contributed by atoms with Crippen molar-refractivity contribution < 1.29 is 18.3 Å². The van der Waals surface area contributed by atoms with Gasteiger partial charge in [0.2, 0.25) is 0 Å². The van der Waals surface area contributed by atoms with Gasteiger partial charge in [-0.25, -0.2) is 5.01 Å².